The van der Waals surface area contributed by atoms with Crippen molar-refractivity contribution in [3.8, 4) is 0 Å². The van der Waals surface area contributed by atoms with Gasteiger partial charge in [0.15, 0.2) is 5.16 Å². The van der Waals surface area contributed by atoms with Crippen LogP contribution in [0, 0.1) is 0 Å². The Hall–Kier alpha value is -2.32. The second-order valence-electron chi connectivity index (χ2n) is 5.98. The third-order valence-corrected chi connectivity index (χ3v) is 4.62. The van der Waals surface area contributed by atoms with Crippen molar-refractivity contribution in [2.75, 3.05) is 7.11 Å². The van der Waals surface area contributed by atoms with Gasteiger partial charge in [0.05, 0.1) is 31.2 Å². The van der Waals surface area contributed by atoms with Crippen molar-refractivity contribution >= 4 is 23.6 Å². The summed E-state index contributed by atoms with van der Waals surface area (Å²) in [5, 5.41) is 13.0. The summed E-state index contributed by atoms with van der Waals surface area (Å²) < 4.78 is 6.40. The topological polar surface area (TPSA) is 93.4 Å². The molecule has 0 saturated heterocycles. The first kappa shape index (κ1) is 20.0. The zero-order chi connectivity index (χ0) is 19.1. The van der Waals surface area contributed by atoms with Gasteiger partial charge in [-0.1, -0.05) is 23.9 Å². The lowest BCUT2D eigenvalue weighted by molar-refractivity contribution is -0.122. The number of carbonyl (C=O) groups is 2. The number of nitrogens with zero attached hydrogens (tertiary/aromatic N) is 2. The van der Waals surface area contributed by atoms with E-state index in [0.29, 0.717) is 22.2 Å². The van der Waals surface area contributed by atoms with Crippen molar-refractivity contribution in [1.29, 1.82) is 0 Å². The number of amides is 1. The number of ether oxygens (including phenoxy) is 1. The van der Waals surface area contributed by atoms with Crippen LogP contribution in [0.1, 0.15) is 35.5 Å². The Labute approximate surface area is 156 Å². The third kappa shape index (κ3) is 5.34. The van der Waals surface area contributed by atoms with Crippen molar-refractivity contribution in [1.82, 2.24) is 14.9 Å². The van der Waals surface area contributed by atoms with Gasteiger partial charge in [-0.3, -0.25) is 4.79 Å². The average molecular weight is 377 g/mol. The minimum Gasteiger partial charge on any atom is -0.465 e. The van der Waals surface area contributed by atoms with Crippen molar-refractivity contribution in [3.05, 3.63) is 47.3 Å². The van der Waals surface area contributed by atoms with Crippen LogP contribution in [0.2, 0.25) is 0 Å². The number of carbonyl (C=O) groups excluding carboxylic acids is 2. The van der Waals surface area contributed by atoms with Gasteiger partial charge in [0, 0.05) is 11.8 Å². The molecule has 1 amide bonds. The Morgan fingerprint density at radius 3 is 2.58 bits per heavy atom. The Morgan fingerprint density at radius 2 is 2.00 bits per heavy atom. The van der Waals surface area contributed by atoms with E-state index in [1.165, 1.54) is 18.9 Å². The first-order valence-electron chi connectivity index (χ1n) is 8.19. The number of esters is 1. The van der Waals surface area contributed by atoms with Gasteiger partial charge < -0.3 is 19.7 Å². The fourth-order valence-corrected chi connectivity index (χ4v) is 3.27. The molecule has 2 rings (SSSR count). The average Bonchev–Trinajstić information content (AvgIpc) is 3.00. The van der Waals surface area contributed by atoms with Crippen molar-refractivity contribution in [3.63, 3.8) is 0 Å². The molecule has 2 aromatic rings. The van der Waals surface area contributed by atoms with Gasteiger partial charge in [-0.25, -0.2) is 9.78 Å². The Morgan fingerprint density at radius 1 is 1.31 bits per heavy atom. The number of rotatable bonds is 8. The van der Waals surface area contributed by atoms with Crippen LogP contribution in [0.15, 0.2) is 35.6 Å². The zero-order valence-electron chi connectivity index (χ0n) is 15.1. The second-order valence-corrected chi connectivity index (χ2v) is 6.92. The lowest BCUT2D eigenvalue weighted by atomic mass is 10.1. The predicted molar refractivity (Wildman–Crippen MR) is 98.8 cm³/mol. The van der Waals surface area contributed by atoms with E-state index >= 15 is 0 Å². The molecule has 0 saturated carbocycles. The summed E-state index contributed by atoms with van der Waals surface area (Å²) >= 11 is 1.46. The number of thioether (sulfide) groups is 1. The van der Waals surface area contributed by atoms with Crippen LogP contribution in [0.25, 0.3) is 0 Å². The molecule has 0 fully saturated rings. The molecule has 1 aromatic carbocycles. The van der Waals surface area contributed by atoms with Gasteiger partial charge in [-0.2, -0.15) is 0 Å². The molecule has 1 aromatic heterocycles. The van der Waals surface area contributed by atoms with Crippen LogP contribution in [0.5, 0.6) is 0 Å². The maximum atomic E-state index is 12.1. The normalized spacial score (nSPS) is 10.8. The maximum absolute atomic E-state index is 12.1. The van der Waals surface area contributed by atoms with Crippen LogP contribution >= 0.6 is 11.8 Å². The molecular formula is C18H23N3O4S. The number of aliphatic hydroxyl groups excluding tert-OH is 1. The number of hydrogen-bond donors (Lipinski definition) is 2. The molecule has 7 nitrogen and oxygen atoms in total. The number of nitrogens with one attached hydrogen (secondary N) is 1. The van der Waals surface area contributed by atoms with E-state index in [2.05, 4.69) is 15.0 Å². The van der Waals surface area contributed by atoms with E-state index < -0.39 is 0 Å². The molecule has 0 aliphatic carbocycles. The summed E-state index contributed by atoms with van der Waals surface area (Å²) in [6, 6.07) is 7.18. The smallest absolute Gasteiger partial charge is 0.337 e. The van der Waals surface area contributed by atoms with Crippen LogP contribution < -0.4 is 5.32 Å². The fraction of sp³-hybridized carbons (Fsp3) is 0.389. The number of imidazole rings is 1. The Balaban J connectivity index is 2.06. The minimum atomic E-state index is -0.372. The number of hydrogen-bond acceptors (Lipinski definition) is 6. The first-order valence-corrected chi connectivity index (χ1v) is 9.17. The van der Waals surface area contributed by atoms with Crippen molar-refractivity contribution in [2.24, 2.45) is 0 Å². The van der Waals surface area contributed by atoms with E-state index in [-0.39, 0.29) is 31.1 Å². The highest BCUT2D eigenvalue weighted by molar-refractivity contribution is 7.98. The number of aromatic nitrogens is 2. The Bertz CT molecular complexity index is 756. The summed E-state index contributed by atoms with van der Waals surface area (Å²) in [4.78, 5) is 27.8. The summed E-state index contributed by atoms with van der Waals surface area (Å²) in [5.74, 6) is 0.121. The molecule has 26 heavy (non-hydrogen) atoms. The molecule has 0 spiro atoms. The highest BCUT2D eigenvalue weighted by Crippen LogP contribution is 2.23. The van der Waals surface area contributed by atoms with Gasteiger partial charge in [0.25, 0.3) is 0 Å². The quantitative estimate of drug-likeness (QED) is 0.540. The van der Waals surface area contributed by atoms with Gasteiger partial charge >= 0.3 is 5.97 Å². The number of methoxy groups -OCH3 is 1. The van der Waals surface area contributed by atoms with Gasteiger partial charge in [0.1, 0.15) is 6.54 Å². The lowest BCUT2D eigenvalue weighted by Gasteiger charge is -2.13. The third-order valence-electron chi connectivity index (χ3n) is 3.56. The molecule has 1 heterocycles. The van der Waals surface area contributed by atoms with Gasteiger partial charge in [-0.05, 0) is 31.5 Å². The largest absolute Gasteiger partial charge is 0.465 e. The SMILES string of the molecule is COC(=O)c1ccc(CSc2ncc(CO)n2CC(=O)NC(C)C)cc1. The molecule has 0 atom stereocenters. The first-order chi connectivity index (χ1) is 12.4. The van der Waals surface area contributed by atoms with E-state index in [9.17, 15) is 14.7 Å². The maximum Gasteiger partial charge on any atom is 0.337 e. The van der Waals surface area contributed by atoms with E-state index in [4.69, 9.17) is 0 Å². The van der Waals surface area contributed by atoms with Crippen molar-refractivity contribution < 1.29 is 19.4 Å². The van der Waals surface area contributed by atoms with Crippen LogP contribution in [-0.2, 0) is 28.4 Å². The summed E-state index contributed by atoms with van der Waals surface area (Å²) in [5.41, 5.74) is 2.09. The molecule has 0 radical (unpaired) electrons. The highest BCUT2D eigenvalue weighted by Gasteiger charge is 2.14. The lowest BCUT2D eigenvalue weighted by Crippen LogP contribution is -2.33. The summed E-state index contributed by atoms with van der Waals surface area (Å²) in [7, 11) is 1.35. The summed E-state index contributed by atoms with van der Waals surface area (Å²) in [6.07, 6.45) is 1.57. The molecule has 0 aliphatic rings. The van der Waals surface area contributed by atoms with E-state index in [1.54, 1.807) is 22.9 Å². The molecular weight excluding hydrogens is 354 g/mol. The predicted octanol–water partition coefficient (Wildman–Crippen LogP) is 1.98. The summed E-state index contributed by atoms with van der Waals surface area (Å²) in [6.45, 7) is 3.72. The van der Waals surface area contributed by atoms with Crippen LogP contribution in [-0.4, -0.2) is 39.7 Å². The van der Waals surface area contributed by atoms with Gasteiger partial charge in [0.2, 0.25) is 5.91 Å². The van der Waals surface area contributed by atoms with Crippen molar-refractivity contribution in [2.45, 2.75) is 44.0 Å². The van der Waals surface area contributed by atoms with Gasteiger partial charge in [-0.15, -0.1) is 0 Å². The molecule has 0 aliphatic heterocycles. The highest BCUT2D eigenvalue weighted by atomic mass is 32.2. The van der Waals surface area contributed by atoms with E-state index in [0.717, 1.165) is 5.56 Å². The van der Waals surface area contributed by atoms with E-state index in [1.807, 2.05) is 26.0 Å². The number of benzene rings is 1. The number of aliphatic hydroxyl groups is 1. The molecule has 2 N–H and O–H groups in total. The zero-order valence-corrected chi connectivity index (χ0v) is 15.9. The van der Waals surface area contributed by atoms with Crippen LogP contribution in [0.4, 0.5) is 0 Å². The van der Waals surface area contributed by atoms with Crippen LogP contribution in [0.3, 0.4) is 0 Å². The Kier molecular flexibility index (Phi) is 7.23. The monoisotopic (exact) mass is 377 g/mol. The minimum absolute atomic E-state index is 0.0491. The molecule has 8 heteroatoms. The molecule has 140 valence electrons. The molecule has 0 unspecified atom stereocenters. The second kappa shape index (κ2) is 9.40. The standard InChI is InChI=1S/C18H23N3O4S/c1-12(2)20-16(23)9-21-15(10-22)8-19-18(21)26-11-13-4-6-14(7-5-13)17(24)25-3/h4-8,12,22H,9-11H2,1-3H3,(H,20,23). The fourth-order valence-electron chi connectivity index (χ4n) is 2.32. The molecule has 0 bridgehead atoms.